The number of rotatable bonds is 4. The molecule has 0 amide bonds. The normalized spacial score (nSPS) is 11.9. The van der Waals surface area contributed by atoms with E-state index in [1.165, 1.54) is 0 Å². The number of nitrogens with zero attached hydrogens (tertiary/aromatic N) is 2. The van der Waals surface area contributed by atoms with Crippen molar-refractivity contribution in [2.75, 3.05) is 0 Å². The predicted molar refractivity (Wildman–Crippen MR) is 206 cm³/mol. The summed E-state index contributed by atoms with van der Waals surface area (Å²) in [4.78, 5) is 8.89. The molecule has 0 radical (unpaired) electrons. The molecule has 238 valence electrons. The molecule has 6 aromatic carbocycles. The van der Waals surface area contributed by atoms with Gasteiger partial charge in [-0.25, -0.2) is 0 Å². The van der Waals surface area contributed by atoms with Gasteiger partial charge < -0.3 is 13.3 Å². The van der Waals surface area contributed by atoms with E-state index in [-0.39, 0.29) is 0 Å². The van der Waals surface area contributed by atoms with Gasteiger partial charge in [0.05, 0.1) is 0 Å². The average molecular weight is 655 g/mol. The highest BCUT2D eigenvalue weighted by atomic mass is 16.3. The summed E-state index contributed by atoms with van der Waals surface area (Å²) in [7, 11) is 0. The third kappa shape index (κ3) is 4.49. The second-order valence-corrected chi connectivity index (χ2v) is 13.0. The second kappa shape index (κ2) is 10.8. The molecular weight excluding hydrogens is 629 g/mol. The van der Waals surface area contributed by atoms with Gasteiger partial charge in [0.25, 0.3) is 0 Å². The Balaban J connectivity index is 0.960. The summed E-state index contributed by atoms with van der Waals surface area (Å²) in [6.07, 6.45) is 5.44. The third-order valence-electron chi connectivity index (χ3n) is 10.0. The third-order valence-corrected chi connectivity index (χ3v) is 10.0. The van der Waals surface area contributed by atoms with Crippen LogP contribution >= 0.6 is 0 Å². The summed E-state index contributed by atoms with van der Waals surface area (Å²) in [5, 5.41) is 5.28. The van der Waals surface area contributed by atoms with E-state index >= 15 is 0 Å². The summed E-state index contributed by atoms with van der Waals surface area (Å²) in [6.45, 7) is 0. The SMILES string of the molecule is c1cc(-c2cccc(-c3ccc4oc5ccc(-c6ccc7oc8cccnc8c7c6)cc5c4c3)c2)cc(-c2ccc3oc4ccncc4c3c2)c1. The van der Waals surface area contributed by atoms with Crippen molar-refractivity contribution in [1.29, 1.82) is 0 Å². The number of hydrogen-bond donors (Lipinski definition) is 0. The Bertz CT molecular complexity index is 3160. The van der Waals surface area contributed by atoms with Gasteiger partial charge in [-0.2, -0.15) is 0 Å². The summed E-state index contributed by atoms with van der Waals surface area (Å²) in [5.74, 6) is 0. The van der Waals surface area contributed by atoms with Crippen molar-refractivity contribution < 1.29 is 13.3 Å². The van der Waals surface area contributed by atoms with E-state index in [0.29, 0.717) is 0 Å². The van der Waals surface area contributed by atoms with E-state index in [2.05, 4.69) is 119 Å². The van der Waals surface area contributed by atoms with Crippen LogP contribution in [0.4, 0.5) is 0 Å². The standard InChI is InChI=1S/C46H26N2O3/c1-4-27(28-5-2-7-30(21-28)32-10-15-42-37(24-32)39-26-47-19-17-44(39)50-42)20-29(6-1)31-9-13-40-35(22-31)36-23-33(11-14-41(36)49-40)34-12-16-43-38(25-34)46-45(51-43)8-3-18-48-46/h1-26H. The molecule has 11 aromatic rings. The van der Waals surface area contributed by atoms with Crippen LogP contribution in [0.1, 0.15) is 0 Å². The molecular formula is C46H26N2O3. The topological polar surface area (TPSA) is 65.2 Å². The first-order chi connectivity index (χ1) is 25.2. The van der Waals surface area contributed by atoms with Crippen molar-refractivity contribution in [3.05, 3.63) is 158 Å². The van der Waals surface area contributed by atoms with Crippen LogP contribution in [0.15, 0.2) is 171 Å². The van der Waals surface area contributed by atoms with E-state index in [9.17, 15) is 0 Å². The zero-order valence-electron chi connectivity index (χ0n) is 27.1. The van der Waals surface area contributed by atoms with E-state index in [1.54, 1.807) is 12.4 Å². The molecule has 0 aliphatic carbocycles. The molecule has 5 nitrogen and oxygen atoms in total. The van der Waals surface area contributed by atoms with Crippen LogP contribution < -0.4 is 0 Å². The minimum atomic E-state index is 0.796. The molecule has 0 atom stereocenters. The van der Waals surface area contributed by atoms with Crippen LogP contribution in [0.25, 0.3) is 110 Å². The molecule has 0 saturated carbocycles. The van der Waals surface area contributed by atoms with Gasteiger partial charge in [0.2, 0.25) is 0 Å². The number of fused-ring (bicyclic) bond motifs is 9. The smallest absolute Gasteiger partial charge is 0.153 e. The maximum Gasteiger partial charge on any atom is 0.153 e. The van der Waals surface area contributed by atoms with Gasteiger partial charge in [0.1, 0.15) is 33.4 Å². The van der Waals surface area contributed by atoms with Gasteiger partial charge in [0, 0.05) is 45.5 Å². The number of pyridine rings is 2. The molecule has 0 bridgehead atoms. The largest absolute Gasteiger partial charge is 0.456 e. The van der Waals surface area contributed by atoms with E-state index in [1.807, 2.05) is 36.5 Å². The van der Waals surface area contributed by atoms with Gasteiger partial charge >= 0.3 is 0 Å². The molecule has 0 unspecified atom stereocenters. The first kappa shape index (κ1) is 27.9. The Morgan fingerprint density at radius 1 is 0.314 bits per heavy atom. The van der Waals surface area contributed by atoms with Crippen molar-refractivity contribution in [3.63, 3.8) is 0 Å². The Labute approximate surface area is 291 Å². The van der Waals surface area contributed by atoms with Crippen molar-refractivity contribution >= 4 is 65.9 Å². The van der Waals surface area contributed by atoms with Crippen LogP contribution in [0.3, 0.4) is 0 Å². The average Bonchev–Trinajstić information content (AvgIpc) is 3.88. The highest BCUT2D eigenvalue weighted by molar-refractivity contribution is 6.09. The molecule has 0 spiro atoms. The fraction of sp³-hybridized carbons (Fsp3) is 0. The van der Waals surface area contributed by atoms with Crippen molar-refractivity contribution in [2.45, 2.75) is 0 Å². The molecule has 0 fully saturated rings. The van der Waals surface area contributed by atoms with Gasteiger partial charge in [-0.3, -0.25) is 9.97 Å². The number of aromatic nitrogens is 2. The number of hydrogen-bond acceptors (Lipinski definition) is 5. The van der Waals surface area contributed by atoms with Crippen LogP contribution in [-0.2, 0) is 0 Å². The van der Waals surface area contributed by atoms with E-state index < -0.39 is 0 Å². The minimum absolute atomic E-state index is 0.796. The molecule has 0 N–H and O–H groups in total. The van der Waals surface area contributed by atoms with Gasteiger partial charge in [-0.05, 0) is 123 Å². The molecule has 51 heavy (non-hydrogen) atoms. The molecule has 5 heteroatoms. The lowest BCUT2D eigenvalue weighted by molar-refractivity contribution is 0.668. The molecule has 0 aliphatic rings. The molecule has 5 heterocycles. The van der Waals surface area contributed by atoms with E-state index in [4.69, 9.17) is 13.3 Å². The van der Waals surface area contributed by atoms with Gasteiger partial charge in [-0.1, -0.05) is 60.7 Å². The monoisotopic (exact) mass is 654 g/mol. The number of benzene rings is 6. The number of furan rings is 3. The lowest BCUT2D eigenvalue weighted by atomic mass is 9.95. The minimum Gasteiger partial charge on any atom is -0.456 e. The first-order valence-electron chi connectivity index (χ1n) is 16.9. The maximum absolute atomic E-state index is 6.31. The van der Waals surface area contributed by atoms with Crippen LogP contribution in [0.2, 0.25) is 0 Å². The summed E-state index contributed by atoms with van der Waals surface area (Å²) in [6, 6.07) is 48.8. The predicted octanol–water partition coefficient (Wildman–Crippen LogP) is 12.8. The Kier molecular flexibility index (Phi) is 5.89. The van der Waals surface area contributed by atoms with Crippen LogP contribution in [0.5, 0.6) is 0 Å². The lowest BCUT2D eigenvalue weighted by Gasteiger charge is -2.09. The molecule has 0 aliphatic heterocycles. The zero-order chi connectivity index (χ0) is 33.5. The fourth-order valence-corrected chi connectivity index (χ4v) is 7.47. The van der Waals surface area contributed by atoms with Gasteiger partial charge in [0.15, 0.2) is 5.58 Å². The summed E-state index contributed by atoms with van der Waals surface area (Å²) < 4.78 is 18.4. The molecule has 0 saturated heterocycles. The zero-order valence-corrected chi connectivity index (χ0v) is 27.1. The Morgan fingerprint density at radius 3 is 1.29 bits per heavy atom. The first-order valence-corrected chi connectivity index (χ1v) is 16.9. The van der Waals surface area contributed by atoms with E-state index in [0.717, 1.165) is 110 Å². The highest BCUT2D eigenvalue weighted by Crippen LogP contribution is 2.38. The maximum atomic E-state index is 6.31. The highest BCUT2D eigenvalue weighted by Gasteiger charge is 2.14. The quantitative estimate of drug-likeness (QED) is 0.189. The van der Waals surface area contributed by atoms with Crippen molar-refractivity contribution in [1.82, 2.24) is 9.97 Å². The van der Waals surface area contributed by atoms with Crippen molar-refractivity contribution in [3.8, 4) is 44.5 Å². The molecule has 11 rings (SSSR count). The summed E-state index contributed by atoms with van der Waals surface area (Å²) in [5.41, 5.74) is 15.1. The summed E-state index contributed by atoms with van der Waals surface area (Å²) >= 11 is 0. The van der Waals surface area contributed by atoms with Crippen molar-refractivity contribution in [2.24, 2.45) is 0 Å². The molecule has 5 aromatic heterocycles. The Morgan fingerprint density at radius 2 is 0.745 bits per heavy atom. The van der Waals surface area contributed by atoms with Gasteiger partial charge in [-0.15, -0.1) is 0 Å². The lowest BCUT2D eigenvalue weighted by Crippen LogP contribution is -1.84. The Hall–Kier alpha value is -6.98. The van der Waals surface area contributed by atoms with Crippen LogP contribution in [-0.4, -0.2) is 9.97 Å². The van der Waals surface area contributed by atoms with Crippen LogP contribution in [0, 0.1) is 0 Å². The fourth-order valence-electron chi connectivity index (χ4n) is 7.47. The second-order valence-electron chi connectivity index (χ2n) is 13.0.